The first-order valence-electron chi connectivity index (χ1n) is 5.44. The average molecular weight is 289 g/mol. The zero-order valence-electron chi connectivity index (χ0n) is 10.3. The van der Waals surface area contributed by atoms with Crippen molar-refractivity contribution in [1.29, 1.82) is 0 Å². The van der Waals surface area contributed by atoms with Crippen LogP contribution in [0.25, 0.3) is 0 Å². The van der Waals surface area contributed by atoms with Gasteiger partial charge in [-0.1, -0.05) is 12.1 Å². The van der Waals surface area contributed by atoms with E-state index in [1.165, 1.54) is 12.1 Å². The van der Waals surface area contributed by atoms with Gasteiger partial charge in [0.15, 0.2) is 0 Å². The van der Waals surface area contributed by atoms with Gasteiger partial charge in [0.1, 0.15) is 11.8 Å². The molecule has 1 aromatic rings. The maximum absolute atomic E-state index is 11.0. The quantitative estimate of drug-likeness (QED) is 0.492. The predicted octanol–water partition coefficient (Wildman–Crippen LogP) is 0.333. The number of carboxylic acid groups (broad SMARTS) is 1. The summed E-state index contributed by atoms with van der Waals surface area (Å²) in [5, 5.41) is 18.5. The number of nitrogens with two attached hydrogens (primary N) is 1. The molecule has 1 rings (SSSR count). The summed E-state index contributed by atoms with van der Waals surface area (Å²) in [6, 6.07) is 1.63. The molecule has 0 saturated carbocycles. The Kier molecular flexibility index (Phi) is 4.70. The molecule has 0 aliphatic heterocycles. The fourth-order valence-electron chi connectivity index (χ4n) is 1.74. The molecule has 0 fully saturated rings. The van der Waals surface area contributed by atoms with Crippen molar-refractivity contribution in [3.05, 3.63) is 28.8 Å². The Labute approximate surface area is 109 Å². The van der Waals surface area contributed by atoms with Crippen LogP contribution in [0.1, 0.15) is 16.7 Å². The Balaban J connectivity index is 3.10. The van der Waals surface area contributed by atoms with Crippen molar-refractivity contribution >= 4 is 13.6 Å². The Morgan fingerprint density at radius 3 is 2.47 bits per heavy atom. The first-order chi connectivity index (χ1) is 8.60. The van der Waals surface area contributed by atoms with E-state index in [9.17, 15) is 14.5 Å². The number of hydrogen-bond donors (Lipinski definition) is 5. The van der Waals surface area contributed by atoms with E-state index < -0.39 is 25.8 Å². The molecule has 0 bridgehead atoms. The number of carboxylic acids is 1. The largest absolute Gasteiger partial charge is 0.507 e. The zero-order chi connectivity index (χ0) is 14.8. The van der Waals surface area contributed by atoms with Gasteiger partial charge in [0.2, 0.25) is 0 Å². The van der Waals surface area contributed by atoms with Crippen LogP contribution in [0.3, 0.4) is 0 Å². The maximum atomic E-state index is 11.0. The first kappa shape index (κ1) is 15.7. The minimum absolute atomic E-state index is 0.105. The van der Waals surface area contributed by atoms with E-state index in [0.29, 0.717) is 11.1 Å². The second-order valence-corrected chi connectivity index (χ2v) is 6.04. The number of phenolic OH excluding ortho intramolecular Hbond substituents is 1. The molecular weight excluding hydrogens is 273 g/mol. The molecule has 0 aromatic heterocycles. The number of carbonyl (C=O) groups is 1. The molecule has 19 heavy (non-hydrogen) atoms. The summed E-state index contributed by atoms with van der Waals surface area (Å²) in [6.07, 6.45) is -0.583. The second-order valence-electron chi connectivity index (χ2n) is 4.39. The second kappa shape index (κ2) is 5.71. The number of phenols is 1. The van der Waals surface area contributed by atoms with E-state index in [4.69, 9.17) is 20.6 Å². The van der Waals surface area contributed by atoms with Crippen LogP contribution in [0.5, 0.6) is 5.75 Å². The number of hydrogen-bond acceptors (Lipinski definition) is 4. The molecule has 0 spiro atoms. The van der Waals surface area contributed by atoms with E-state index in [0.717, 1.165) is 0 Å². The Hall–Kier alpha value is -1.40. The van der Waals surface area contributed by atoms with Crippen molar-refractivity contribution in [2.45, 2.75) is 25.5 Å². The van der Waals surface area contributed by atoms with Gasteiger partial charge >= 0.3 is 13.6 Å². The van der Waals surface area contributed by atoms with Crippen molar-refractivity contribution in [3.8, 4) is 5.75 Å². The molecule has 1 aromatic carbocycles. The van der Waals surface area contributed by atoms with Gasteiger partial charge in [0.25, 0.3) is 0 Å². The van der Waals surface area contributed by atoms with Crippen molar-refractivity contribution in [2.75, 3.05) is 0 Å². The van der Waals surface area contributed by atoms with Crippen molar-refractivity contribution < 1.29 is 29.4 Å². The van der Waals surface area contributed by atoms with Crippen LogP contribution >= 0.6 is 7.60 Å². The molecule has 0 radical (unpaired) electrons. The van der Waals surface area contributed by atoms with Gasteiger partial charge in [-0.25, -0.2) is 0 Å². The monoisotopic (exact) mass is 289 g/mol. The average Bonchev–Trinajstić information content (AvgIpc) is 2.22. The Bertz CT molecular complexity index is 538. The minimum atomic E-state index is -4.22. The third-order valence-corrected chi connectivity index (χ3v) is 3.36. The highest BCUT2D eigenvalue weighted by Gasteiger charge is 2.19. The molecule has 7 nitrogen and oxygen atoms in total. The first-order valence-corrected chi connectivity index (χ1v) is 7.24. The highest BCUT2D eigenvalue weighted by atomic mass is 31.2. The van der Waals surface area contributed by atoms with Gasteiger partial charge in [-0.05, 0) is 23.6 Å². The van der Waals surface area contributed by atoms with Crippen LogP contribution in [-0.4, -0.2) is 32.0 Å². The van der Waals surface area contributed by atoms with Crippen LogP contribution in [0.2, 0.25) is 0 Å². The summed E-state index contributed by atoms with van der Waals surface area (Å²) in [4.78, 5) is 28.5. The molecular formula is C11H16NO6P. The summed E-state index contributed by atoms with van der Waals surface area (Å²) in [5.41, 5.74) is 6.39. The lowest BCUT2D eigenvalue weighted by Gasteiger charge is -2.13. The molecule has 8 heteroatoms. The SMILES string of the molecule is Cc1cc(CP(=O)(O)O)cc(C[C@H](N)C(=O)O)c1O. The summed E-state index contributed by atoms with van der Waals surface area (Å²) in [6.45, 7) is 1.56. The zero-order valence-corrected chi connectivity index (χ0v) is 11.2. The van der Waals surface area contributed by atoms with Gasteiger partial charge in [-0.2, -0.15) is 0 Å². The summed E-state index contributed by atoms with van der Waals surface area (Å²) in [7, 11) is -4.22. The van der Waals surface area contributed by atoms with E-state index in [1.54, 1.807) is 6.92 Å². The molecule has 6 N–H and O–H groups in total. The molecule has 0 heterocycles. The van der Waals surface area contributed by atoms with Crippen molar-refractivity contribution in [1.82, 2.24) is 0 Å². The lowest BCUT2D eigenvalue weighted by atomic mass is 10.00. The van der Waals surface area contributed by atoms with Gasteiger partial charge in [0, 0.05) is 6.42 Å². The normalized spacial score (nSPS) is 13.3. The van der Waals surface area contributed by atoms with E-state index in [2.05, 4.69) is 0 Å². The standard InChI is InChI=1S/C11H16NO6P/c1-6-2-7(5-19(16,17)18)3-8(10(6)13)4-9(12)11(14)15/h2-3,9,13H,4-5,12H2,1H3,(H,14,15)(H2,16,17,18)/t9-/m0/s1. The number of aliphatic carboxylic acids is 1. The number of aromatic hydroxyl groups is 1. The van der Waals surface area contributed by atoms with Crippen molar-refractivity contribution in [3.63, 3.8) is 0 Å². The lowest BCUT2D eigenvalue weighted by molar-refractivity contribution is -0.138. The van der Waals surface area contributed by atoms with E-state index in [-0.39, 0.29) is 17.7 Å². The highest BCUT2D eigenvalue weighted by molar-refractivity contribution is 7.50. The smallest absolute Gasteiger partial charge is 0.329 e. The minimum Gasteiger partial charge on any atom is -0.507 e. The van der Waals surface area contributed by atoms with Crippen LogP contribution in [0, 0.1) is 6.92 Å². The lowest BCUT2D eigenvalue weighted by Crippen LogP contribution is -2.32. The fraction of sp³-hybridized carbons (Fsp3) is 0.364. The Morgan fingerprint density at radius 2 is 2.00 bits per heavy atom. The van der Waals surface area contributed by atoms with Crippen LogP contribution < -0.4 is 5.73 Å². The molecule has 0 aliphatic carbocycles. The predicted molar refractivity (Wildman–Crippen MR) is 67.9 cm³/mol. The van der Waals surface area contributed by atoms with Crippen LogP contribution in [0.15, 0.2) is 12.1 Å². The molecule has 0 aliphatic rings. The van der Waals surface area contributed by atoms with Gasteiger partial charge in [-0.15, -0.1) is 0 Å². The number of rotatable bonds is 5. The molecule has 0 saturated heterocycles. The molecule has 106 valence electrons. The van der Waals surface area contributed by atoms with Crippen molar-refractivity contribution in [2.24, 2.45) is 5.73 Å². The number of aryl methyl sites for hydroxylation is 1. The molecule has 1 atom stereocenters. The summed E-state index contributed by atoms with van der Waals surface area (Å²) < 4.78 is 11.0. The highest BCUT2D eigenvalue weighted by Crippen LogP contribution is 2.40. The van der Waals surface area contributed by atoms with Crippen LogP contribution in [0.4, 0.5) is 0 Å². The number of benzene rings is 1. The van der Waals surface area contributed by atoms with E-state index >= 15 is 0 Å². The van der Waals surface area contributed by atoms with Gasteiger partial charge in [-0.3, -0.25) is 9.36 Å². The third-order valence-electron chi connectivity index (χ3n) is 2.58. The fourth-order valence-corrected chi connectivity index (χ4v) is 2.40. The van der Waals surface area contributed by atoms with E-state index in [1.807, 2.05) is 0 Å². The third kappa shape index (κ3) is 4.65. The Morgan fingerprint density at radius 1 is 1.42 bits per heavy atom. The molecule has 0 amide bonds. The summed E-state index contributed by atoms with van der Waals surface area (Å²) in [5.74, 6) is -1.32. The van der Waals surface area contributed by atoms with Crippen LogP contribution in [-0.2, 0) is 21.9 Å². The molecule has 0 unspecified atom stereocenters. The topological polar surface area (TPSA) is 141 Å². The van der Waals surface area contributed by atoms with Gasteiger partial charge < -0.3 is 25.7 Å². The maximum Gasteiger partial charge on any atom is 0.329 e. The van der Waals surface area contributed by atoms with Gasteiger partial charge in [0.05, 0.1) is 6.16 Å². The summed E-state index contributed by atoms with van der Waals surface area (Å²) >= 11 is 0.